The zero-order valence-electron chi connectivity index (χ0n) is 10.4. The molecule has 2 aromatic rings. The largest absolute Gasteiger partial charge is 0.508 e. The third-order valence-corrected chi connectivity index (χ3v) is 2.95. The van der Waals surface area contributed by atoms with E-state index in [0.717, 1.165) is 16.8 Å². The van der Waals surface area contributed by atoms with Crippen molar-refractivity contribution in [2.24, 2.45) is 0 Å². The SMILES string of the molecule is Cc1cc(NC(C)c2ccc(F)cc2)ccc1O. The van der Waals surface area contributed by atoms with Gasteiger partial charge in [0, 0.05) is 11.7 Å². The first-order chi connectivity index (χ1) is 8.56. The first-order valence-corrected chi connectivity index (χ1v) is 5.88. The number of nitrogens with one attached hydrogen (secondary N) is 1. The molecule has 2 rings (SSSR count). The number of halogens is 1. The molecule has 18 heavy (non-hydrogen) atoms. The number of hydrogen-bond donors (Lipinski definition) is 2. The van der Waals surface area contributed by atoms with E-state index in [1.165, 1.54) is 12.1 Å². The minimum atomic E-state index is -0.230. The molecular formula is C15H16FNO. The highest BCUT2D eigenvalue weighted by Gasteiger charge is 2.06. The quantitative estimate of drug-likeness (QED) is 0.801. The molecule has 0 heterocycles. The number of aromatic hydroxyl groups is 1. The summed E-state index contributed by atoms with van der Waals surface area (Å²) in [6.45, 7) is 3.86. The first-order valence-electron chi connectivity index (χ1n) is 5.88. The van der Waals surface area contributed by atoms with Crippen molar-refractivity contribution in [3.63, 3.8) is 0 Å². The molecule has 1 unspecified atom stereocenters. The van der Waals surface area contributed by atoms with Gasteiger partial charge in [0.15, 0.2) is 0 Å². The van der Waals surface area contributed by atoms with E-state index in [2.05, 4.69) is 5.32 Å². The van der Waals surface area contributed by atoms with E-state index in [4.69, 9.17) is 0 Å². The summed E-state index contributed by atoms with van der Waals surface area (Å²) in [5, 5.41) is 12.8. The second-order valence-electron chi connectivity index (χ2n) is 4.42. The molecule has 1 atom stereocenters. The Hall–Kier alpha value is -2.03. The molecule has 0 aromatic heterocycles. The standard InChI is InChI=1S/C15H16FNO/c1-10-9-14(7-8-15(10)18)17-11(2)12-3-5-13(16)6-4-12/h3-9,11,17-18H,1-2H3. The maximum absolute atomic E-state index is 12.8. The minimum Gasteiger partial charge on any atom is -0.508 e. The molecule has 0 aliphatic rings. The van der Waals surface area contributed by atoms with Crippen LogP contribution in [0.1, 0.15) is 24.1 Å². The Morgan fingerprint density at radius 1 is 1.11 bits per heavy atom. The van der Waals surface area contributed by atoms with Crippen LogP contribution < -0.4 is 5.32 Å². The Labute approximate surface area is 106 Å². The van der Waals surface area contributed by atoms with Gasteiger partial charge >= 0.3 is 0 Å². The number of aryl methyl sites for hydroxylation is 1. The topological polar surface area (TPSA) is 32.3 Å². The maximum Gasteiger partial charge on any atom is 0.123 e. The van der Waals surface area contributed by atoms with Crippen LogP contribution in [-0.2, 0) is 0 Å². The summed E-state index contributed by atoms with van der Waals surface area (Å²) in [6.07, 6.45) is 0. The zero-order valence-corrected chi connectivity index (χ0v) is 10.4. The van der Waals surface area contributed by atoms with Gasteiger partial charge in [0.05, 0.1) is 0 Å². The fourth-order valence-corrected chi connectivity index (χ4v) is 1.83. The van der Waals surface area contributed by atoms with Crippen LogP contribution in [0.2, 0.25) is 0 Å². The second-order valence-corrected chi connectivity index (χ2v) is 4.42. The van der Waals surface area contributed by atoms with Crippen LogP contribution in [0.15, 0.2) is 42.5 Å². The Bertz CT molecular complexity index is 537. The van der Waals surface area contributed by atoms with Gasteiger partial charge < -0.3 is 10.4 Å². The Kier molecular flexibility index (Phi) is 3.51. The van der Waals surface area contributed by atoms with Gasteiger partial charge in [-0.1, -0.05) is 12.1 Å². The molecule has 0 saturated heterocycles. The third-order valence-electron chi connectivity index (χ3n) is 2.95. The zero-order chi connectivity index (χ0) is 13.1. The number of hydrogen-bond acceptors (Lipinski definition) is 2. The van der Waals surface area contributed by atoms with Gasteiger partial charge in [-0.25, -0.2) is 4.39 Å². The molecule has 0 amide bonds. The monoisotopic (exact) mass is 245 g/mol. The lowest BCUT2D eigenvalue weighted by atomic mass is 10.1. The molecule has 0 spiro atoms. The summed E-state index contributed by atoms with van der Waals surface area (Å²) in [5.74, 6) is 0.0569. The molecule has 2 aromatic carbocycles. The number of phenolic OH excluding ortho intramolecular Hbond substituents is 1. The summed E-state index contributed by atoms with van der Waals surface area (Å²) in [6, 6.07) is 11.9. The van der Waals surface area contributed by atoms with Crippen molar-refractivity contribution in [1.29, 1.82) is 0 Å². The van der Waals surface area contributed by atoms with Crippen LogP contribution in [0.3, 0.4) is 0 Å². The van der Waals surface area contributed by atoms with E-state index < -0.39 is 0 Å². The minimum absolute atomic E-state index is 0.0783. The molecule has 2 nitrogen and oxygen atoms in total. The fourth-order valence-electron chi connectivity index (χ4n) is 1.83. The van der Waals surface area contributed by atoms with Crippen LogP contribution in [0.5, 0.6) is 5.75 Å². The summed E-state index contributed by atoms with van der Waals surface area (Å²) in [7, 11) is 0. The Morgan fingerprint density at radius 3 is 2.39 bits per heavy atom. The molecule has 0 radical (unpaired) electrons. The first kappa shape index (κ1) is 12.4. The molecular weight excluding hydrogens is 229 g/mol. The molecule has 2 N–H and O–H groups in total. The molecule has 0 fully saturated rings. The Balaban J connectivity index is 2.13. The van der Waals surface area contributed by atoms with Gasteiger partial charge in [0.2, 0.25) is 0 Å². The lowest BCUT2D eigenvalue weighted by molar-refractivity contribution is 0.471. The summed E-state index contributed by atoms with van der Waals surface area (Å²) < 4.78 is 12.8. The van der Waals surface area contributed by atoms with Crippen molar-refractivity contribution in [2.45, 2.75) is 19.9 Å². The molecule has 94 valence electrons. The van der Waals surface area contributed by atoms with E-state index in [1.54, 1.807) is 18.2 Å². The highest BCUT2D eigenvalue weighted by Crippen LogP contribution is 2.24. The van der Waals surface area contributed by atoms with Crippen LogP contribution in [0.25, 0.3) is 0 Å². The van der Waals surface area contributed by atoms with Gasteiger partial charge in [-0.2, -0.15) is 0 Å². The predicted molar refractivity (Wildman–Crippen MR) is 71.3 cm³/mol. The smallest absolute Gasteiger partial charge is 0.123 e. The fraction of sp³-hybridized carbons (Fsp3) is 0.200. The van der Waals surface area contributed by atoms with E-state index in [9.17, 15) is 9.50 Å². The van der Waals surface area contributed by atoms with Crippen molar-refractivity contribution in [2.75, 3.05) is 5.32 Å². The average Bonchev–Trinajstić information content (AvgIpc) is 2.34. The molecule has 0 aliphatic carbocycles. The normalized spacial score (nSPS) is 12.2. The predicted octanol–water partition coefficient (Wildman–Crippen LogP) is 4.01. The molecule has 0 bridgehead atoms. The second kappa shape index (κ2) is 5.08. The van der Waals surface area contributed by atoms with E-state index in [1.807, 2.05) is 26.0 Å². The third kappa shape index (κ3) is 2.80. The van der Waals surface area contributed by atoms with Gasteiger partial charge in [0.25, 0.3) is 0 Å². The number of rotatable bonds is 3. The molecule has 0 aliphatic heterocycles. The van der Waals surface area contributed by atoms with E-state index >= 15 is 0 Å². The lowest BCUT2D eigenvalue weighted by Crippen LogP contribution is -2.06. The summed E-state index contributed by atoms with van der Waals surface area (Å²) >= 11 is 0. The van der Waals surface area contributed by atoms with Crippen molar-refractivity contribution in [3.8, 4) is 5.75 Å². The van der Waals surface area contributed by atoms with Crippen LogP contribution >= 0.6 is 0 Å². The molecule has 3 heteroatoms. The van der Waals surface area contributed by atoms with Crippen LogP contribution in [-0.4, -0.2) is 5.11 Å². The van der Waals surface area contributed by atoms with Crippen molar-refractivity contribution >= 4 is 5.69 Å². The van der Waals surface area contributed by atoms with Crippen molar-refractivity contribution < 1.29 is 9.50 Å². The maximum atomic E-state index is 12.8. The highest BCUT2D eigenvalue weighted by molar-refractivity contribution is 5.51. The summed E-state index contributed by atoms with van der Waals surface area (Å²) in [4.78, 5) is 0. The van der Waals surface area contributed by atoms with Gasteiger partial charge in [-0.15, -0.1) is 0 Å². The van der Waals surface area contributed by atoms with Gasteiger partial charge in [-0.3, -0.25) is 0 Å². The van der Waals surface area contributed by atoms with Gasteiger partial charge in [0.1, 0.15) is 11.6 Å². The number of benzene rings is 2. The highest BCUT2D eigenvalue weighted by atomic mass is 19.1. The number of anilines is 1. The average molecular weight is 245 g/mol. The van der Waals surface area contributed by atoms with Crippen LogP contribution in [0, 0.1) is 12.7 Å². The van der Waals surface area contributed by atoms with Gasteiger partial charge in [-0.05, 0) is 55.3 Å². The summed E-state index contributed by atoms with van der Waals surface area (Å²) in [5.41, 5.74) is 2.77. The number of phenols is 1. The van der Waals surface area contributed by atoms with Crippen LogP contribution in [0.4, 0.5) is 10.1 Å². The Morgan fingerprint density at radius 2 is 1.78 bits per heavy atom. The van der Waals surface area contributed by atoms with Crippen molar-refractivity contribution in [3.05, 3.63) is 59.4 Å². The van der Waals surface area contributed by atoms with E-state index in [0.29, 0.717) is 0 Å². The van der Waals surface area contributed by atoms with E-state index in [-0.39, 0.29) is 17.6 Å². The molecule has 0 saturated carbocycles. The lowest BCUT2D eigenvalue weighted by Gasteiger charge is -2.16. The van der Waals surface area contributed by atoms with Crippen molar-refractivity contribution in [1.82, 2.24) is 0 Å².